The molecule has 99 valence electrons. The highest BCUT2D eigenvalue weighted by Crippen LogP contribution is 2.31. The first kappa shape index (κ1) is 14.3. The number of hydrogen-bond acceptors (Lipinski definition) is 3. The summed E-state index contributed by atoms with van der Waals surface area (Å²) in [5, 5.41) is 2.59. The van der Waals surface area contributed by atoms with Gasteiger partial charge in [0.1, 0.15) is 0 Å². The lowest BCUT2D eigenvalue weighted by Crippen LogP contribution is -2.13. The van der Waals surface area contributed by atoms with Crippen LogP contribution in [0.3, 0.4) is 0 Å². The molecule has 0 aromatic heterocycles. The second-order valence-corrected chi connectivity index (χ2v) is 6.03. The third kappa shape index (κ3) is 3.45. The number of benzene rings is 2. The molecule has 0 atom stereocenters. The van der Waals surface area contributed by atoms with Crippen LogP contribution < -0.4 is 9.53 Å². The molecular formula is C15H20BN2S. The highest BCUT2D eigenvalue weighted by molar-refractivity contribution is 7.98. The predicted molar refractivity (Wildman–Crippen MR) is 88.1 cm³/mol. The fraction of sp³-hybridized carbons (Fsp3) is 0.333. The van der Waals surface area contributed by atoms with Crippen LogP contribution >= 0.6 is 11.9 Å². The van der Waals surface area contributed by atoms with Crippen LogP contribution in [0.15, 0.2) is 41.3 Å². The van der Waals surface area contributed by atoms with Crippen LogP contribution in [0.1, 0.15) is 13.8 Å². The molecule has 2 aromatic rings. The van der Waals surface area contributed by atoms with Crippen molar-refractivity contribution in [3.63, 3.8) is 0 Å². The molecule has 0 fully saturated rings. The van der Waals surface area contributed by atoms with Crippen molar-refractivity contribution < 1.29 is 0 Å². The van der Waals surface area contributed by atoms with Gasteiger partial charge in [-0.05, 0) is 17.5 Å². The summed E-state index contributed by atoms with van der Waals surface area (Å²) >= 11 is 1.67. The molecule has 0 aliphatic carbocycles. The zero-order valence-corrected chi connectivity index (χ0v) is 12.8. The highest BCUT2D eigenvalue weighted by Gasteiger charge is 2.07. The molecule has 1 radical (unpaired) electrons. The minimum atomic E-state index is 0.541. The number of nitrogens with zero attached hydrogens (tertiary/aromatic N) is 1. The predicted octanol–water partition coefficient (Wildman–Crippen LogP) is 3.95. The molecule has 0 saturated heterocycles. The Morgan fingerprint density at radius 1 is 1.05 bits per heavy atom. The van der Waals surface area contributed by atoms with Crippen LogP contribution in [-0.2, 0) is 0 Å². The van der Waals surface area contributed by atoms with Gasteiger partial charge >= 0.3 is 0 Å². The second-order valence-electron chi connectivity index (χ2n) is 5.15. The van der Waals surface area contributed by atoms with Gasteiger partial charge in [-0.1, -0.05) is 55.9 Å². The number of fused-ring (bicyclic) bond motifs is 1. The van der Waals surface area contributed by atoms with E-state index in [1.54, 1.807) is 11.9 Å². The monoisotopic (exact) mass is 271 g/mol. The Balaban J connectivity index is 2.32. The third-order valence-corrected chi connectivity index (χ3v) is 3.74. The molecule has 0 bridgehead atoms. The van der Waals surface area contributed by atoms with Gasteiger partial charge < -0.3 is 9.53 Å². The van der Waals surface area contributed by atoms with Crippen molar-refractivity contribution in [1.29, 1.82) is 0 Å². The minimum absolute atomic E-state index is 0.541. The molecule has 2 aromatic carbocycles. The normalized spacial score (nSPS) is 11.0. The van der Waals surface area contributed by atoms with Crippen molar-refractivity contribution in [2.45, 2.75) is 24.6 Å². The van der Waals surface area contributed by atoms with Crippen molar-refractivity contribution in [3.05, 3.63) is 36.4 Å². The quantitative estimate of drug-likeness (QED) is 0.654. The molecule has 0 saturated carbocycles. The summed E-state index contributed by atoms with van der Waals surface area (Å²) in [5.74, 6) is 0.541. The van der Waals surface area contributed by atoms with E-state index in [1.165, 1.54) is 21.4 Å². The van der Waals surface area contributed by atoms with Crippen LogP contribution in [0.5, 0.6) is 0 Å². The Morgan fingerprint density at radius 3 is 2.42 bits per heavy atom. The molecular weight excluding hydrogens is 251 g/mol. The van der Waals surface area contributed by atoms with E-state index in [-0.39, 0.29) is 0 Å². The molecule has 19 heavy (non-hydrogen) atoms. The van der Waals surface area contributed by atoms with Crippen molar-refractivity contribution >= 4 is 35.8 Å². The molecule has 1 N–H and O–H groups in total. The van der Waals surface area contributed by atoms with Gasteiger partial charge in [-0.25, -0.2) is 0 Å². The summed E-state index contributed by atoms with van der Waals surface area (Å²) in [4.78, 5) is 3.42. The van der Waals surface area contributed by atoms with Gasteiger partial charge in [-0.3, -0.25) is 0 Å². The first-order valence-corrected chi connectivity index (χ1v) is 7.36. The van der Waals surface area contributed by atoms with Gasteiger partial charge in [0, 0.05) is 30.1 Å². The summed E-state index contributed by atoms with van der Waals surface area (Å²) in [6.07, 6.45) is 0. The van der Waals surface area contributed by atoms with E-state index in [9.17, 15) is 0 Å². The molecule has 0 spiro atoms. The van der Waals surface area contributed by atoms with Crippen LogP contribution in [0, 0.1) is 0 Å². The van der Waals surface area contributed by atoms with E-state index in [1.807, 2.05) is 0 Å². The van der Waals surface area contributed by atoms with Gasteiger partial charge in [0.2, 0.25) is 7.41 Å². The van der Waals surface area contributed by atoms with E-state index in [0.29, 0.717) is 5.82 Å². The fourth-order valence-electron chi connectivity index (χ4n) is 1.98. The third-order valence-electron chi connectivity index (χ3n) is 2.91. The molecule has 0 amide bonds. The van der Waals surface area contributed by atoms with E-state index < -0.39 is 0 Å². The lowest BCUT2D eigenvalue weighted by Gasteiger charge is -2.16. The Labute approximate surface area is 121 Å². The van der Waals surface area contributed by atoms with E-state index in [4.69, 9.17) is 0 Å². The minimum Gasteiger partial charge on any atom is -0.377 e. The maximum atomic E-state index is 3.32. The first-order chi connectivity index (χ1) is 9.09. The Kier molecular flexibility index (Phi) is 4.78. The molecule has 2 nitrogen and oxygen atoms in total. The number of anilines is 1. The molecule has 0 heterocycles. The van der Waals surface area contributed by atoms with Crippen LogP contribution in [-0.4, -0.2) is 21.5 Å². The van der Waals surface area contributed by atoms with Crippen LogP contribution in [0.2, 0.25) is 5.82 Å². The number of rotatable bonds is 5. The van der Waals surface area contributed by atoms with Crippen molar-refractivity contribution in [1.82, 2.24) is 4.63 Å². The van der Waals surface area contributed by atoms with Crippen LogP contribution in [0.4, 0.5) is 5.69 Å². The molecule has 0 unspecified atom stereocenters. The highest BCUT2D eigenvalue weighted by atomic mass is 32.2. The molecule has 0 aliphatic rings. The van der Waals surface area contributed by atoms with Gasteiger partial charge in [0.15, 0.2) is 0 Å². The number of nitrogens with one attached hydrogen (secondary N) is 1. The zero-order valence-electron chi connectivity index (χ0n) is 12.0. The maximum Gasteiger partial charge on any atom is 0.222 e. The first-order valence-electron chi connectivity index (χ1n) is 6.54. The smallest absolute Gasteiger partial charge is 0.222 e. The zero-order chi connectivity index (χ0) is 13.8. The second kappa shape index (κ2) is 6.35. The summed E-state index contributed by atoms with van der Waals surface area (Å²) in [5.41, 5.74) is 1.26. The Bertz CT molecular complexity index is 555. The Hall–Kier alpha value is -1.13. The van der Waals surface area contributed by atoms with Gasteiger partial charge in [0.05, 0.1) is 0 Å². The summed E-state index contributed by atoms with van der Waals surface area (Å²) < 4.78 is 3.32. The maximum absolute atomic E-state index is 3.32. The van der Waals surface area contributed by atoms with E-state index in [0.717, 1.165) is 0 Å². The van der Waals surface area contributed by atoms with Crippen molar-refractivity contribution in [3.8, 4) is 0 Å². The standard InChI is InChI=1S/C15H20BN2S/c1-11(2)16-17-19-15-10-6-7-12-13(15)8-5-9-14(12)18(3)4/h5-11,17H,1-4H3. The van der Waals surface area contributed by atoms with E-state index in [2.05, 4.69) is 81.3 Å². The lowest BCUT2D eigenvalue weighted by atomic mass is 9.80. The molecule has 2 rings (SSSR count). The van der Waals surface area contributed by atoms with Crippen molar-refractivity contribution in [2.75, 3.05) is 19.0 Å². The average Bonchev–Trinajstić information content (AvgIpc) is 2.37. The topological polar surface area (TPSA) is 15.3 Å². The van der Waals surface area contributed by atoms with E-state index >= 15 is 0 Å². The Morgan fingerprint density at radius 2 is 1.74 bits per heavy atom. The summed E-state index contributed by atoms with van der Waals surface area (Å²) in [7, 11) is 6.28. The van der Waals surface area contributed by atoms with Crippen molar-refractivity contribution in [2.24, 2.45) is 0 Å². The molecule has 0 aliphatic heterocycles. The summed E-state index contributed by atoms with van der Waals surface area (Å²) in [6, 6.07) is 12.9. The fourth-order valence-corrected chi connectivity index (χ4v) is 2.88. The van der Waals surface area contributed by atoms with Gasteiger partial charge in [-0.2, -0.15) is 0 Å². The van der Waals surface area contributed by atoms with Gasteiger partial charge in [0.25, 0.3) is 0 Å². The largest absolute Gasteiger partial charge is 0.377 e. The average molecular weight is 271 g/mol. The van der Waals surface area contributed by atoms with Crippen LogP contribution in [0.25, 0.3) is 10.8 Å². The van der Waals surface area contributed by atoms with Gasteiger partial charge in [-0.15, -0.1) is 0 Å². The SMILES string of the molecule is CC(C)[B]NSc1cccc2c(N(C)C)cccc12. The lowest BCUT2D eigenvalue weighted by molar-refractivity contribution is 1.05. The number of hydrogen-bond donors (Lipinski definition) is 1. The summed E-state index contributed by atoms with van der Waals surface area (Å²) in [6.45, 7) is 4.33. The molecule has 4 heteroatoms.